The first-order chi connectivity index (χ1) is 10.3. The van der Waals surface area contributed by atoms with Crippen molar-refractivity contribution in [3.63, 3.8) is 0 Å². The summed E-state index contributed by atoms with van der Waals surface area (Å²) in [5.74, 6) is -0.825. The van der Waals surface area contributed by atoms with E-state index >= 15 is 0 Å². The number of rotatable bonds is 3. The van der Waals surface area contributed by atoms with Crippen LogP contribution >= 0.6 is 0 Å². The summed E-state index contributed by atoms with van der Waals surface area (Å²) >= 11 is 0. The van der Waals surface area contributed by atoms with Crippen molar-refractivity contribution in [1.82, 2.24) is 4.90 Å². The third-order valence-corrected chi connectivity index (χ3v) is 4.27. The number of benzene rings is 1. The number of Topliss-reactive ketones (excluding diaryl/α,β-unsaturated/α-hetero) is 1. The maximum atomic E-state index is 12.3. The normalized spacial score (nSPS) is 19.1. The summed E-state index contributed by atoms with van der Waals surface area (Å²) in [4.78, 5) is 26.3. The molecule has 1 aliphatic rings. The Morgan fingerprint density at radius 1 is 1.23 bits per heavy atom. The average molecular weight is 303 g/mol. The van der Waals surface area contributed by atoms with Crippen molar-refractivity contribution in [3.8, 4) is 0 Å². The Bertz CT molecular complexity index is 542. The van der Waals surface area contributed by atoms with Gasteiger partial charge < -0.3 is 10.0 Å². The van der Waals surface area contributed by atoms with Crippen LogP contribution in [0, 0.1) is 5.92 Å². The van der Waals surface area contributed by atoms with Gasteiger partial charge in [0.25, 0.3) is 5.91 Å². The molecular formula is C18H25NO3. The minimum atomic E-state index is -0.459. The Labute approximate surface area is 132 Å². The molecule has 1 heterocycles. The van der Waals surface area contributed by atoms with Gasteiger partial charge >= 0.3 is 0 Å². The van der Waals surface area contributed by atoms with E-state index in [0.29, 0.717) is 18.7 Å². The highest BCUT2D eigenvalue weighted by molar-refractivity contribution is 6.42. The molecule has 1 amide bonds. The number of hydrogen-bond acceptors (Lipinski definition) is 3. The molecule has 0 saturated carbocycles. The Kier molecular flexibility index (Phi) is 5.01. The zero-order valence-electron chi connectivity index (χ0n) is 13.6. The van der Waals surface area contributed by atoms with Crippen molar-refractivity contribution in [2.75, 3.05) is 19.7 Å². The second kappa shape index (κ2) is 6.61. The Balaban J connectivity index is 2.09. The van der Waals surface area contributed by atoms with Crippen LogP contribution in [-0.2, 0) is 10.2 Å². The highest BCUT2D eigenvalue weighted by Gasteiger charge is 2.28. The number of aliphatic hydroxyl groups excluding tert-OH is 1. The molecule has 1 aromatic rings. The van der Waals surface area contributed by atoms with E-state index in [0.717, 1.165) is 18.4 Å². The summed E-state index contributed by atoms with van der Waals surface area (Å²) in [6.45, 7) is 7.47. The lowest BCUT2D eigenvalue weighted by molar-refractivity contribution is -0.128. The summed E-state index contributed by atoms with van der Waals surface area (Å²) in [6, 6.07) is 7.28. The molecule has 0 bridgehead atoms. The molecule has 1 saturated heterocycles. The number of nitrogens with zero attached hydrogens (tertiary/aromatic N) is 1. The van der Waals surface area contributed by atoms with Crippen molar-refractivity contribution in [3.05, 3.63) is 35.4 Å². The van der Waals surface area contributed by atoms with Crippen LogP contribution < -0.4 is 0 Å². The maximum absolute atomic E-state index is 12.3. The third kappa shape index (κ3) is 3.74. The molecular weight excluding hydrogens is 278 g/mol. The van der Waals surface area contributed by atoms with E-state index < -0.39 is 11.7 Å². The number of likely N-dealkylation sites (tertiary alicyclic amines) is 1. The van der Waals surface area contributed by atoms with Crippen LogP contribution in [-0.4, -0.2) is 41.4 Å². The molecule has 0 spiro atoms. The van der Waals surface area contributed by atoms with Gasteiger partial charge in [0.1, 0.15) is 0 Å². The van der Waals surface area contributed by atoms with E-state index in [9.17, 15) is 14.7 Å². The van der Waals surface area contributed by atoms with Crippen LogP contribution in [0.25, 0.3) is 0 Å². The zero-order chi connectivity index (χ0) is 16.3. The van der Waals surface area contributed by atoms with Gasteiger partial charge in [-0.05, 0) is 29.7 Å². The van der Waals surface area contributed by atoms with Gasteiger partial charge in [0.2, 0.25) is 5.78 Å². The average Bonchev–Trinajstić information content (AvgIpc) is 2.53. The number of aliphatic hydroxyl groups is 1. The SMILES string of the molecule is CC(C)(C)c1ccc(C(=O)C(=O)N2CCCC(CO)C2)cc1. The van der Waals surface area contributed by atoms with Crippen molar-refractivity contribution in [1.29, 1.82) is 0 Å². The van der Waals surface area contributed by atoms with Crippen molar-refractivity contribution in [2.45, 2.75) is 39.0 Å². The Hall–Kier alpha value is -1.68. The molecule has 1 unspecified atom stereocenters. The third-order valence-electron chi connectivity index (χ3n) is 4.27. The lowest BCUT2D eigenvalue weighted by Gasteiger charge is -2.31. The molecule has 4 nitrogen and oxygen atoms in total. The summed E-state index contributed by atoms with van der Waals surface area (Å²) in [5, 5.41) is 9.23. The molecule has 1 aromatic carbocycles. The minimum absolute atomic E-state index is 0.0206. The van der Waals surface area contributed by atoms with Crippen molar-refractivity contribution >= 4 is 11.7 Å². The number of carbonyl (C=O) groups excluding carboxylic acids is 2. The highest BCUT2D eigenvalue weighted by Crippen LogP contribution is 2.23. The van der Waals surface area contributed by atoms with E-state index in [1.54, 1.807) is 17.0 Å². The first-order valence-electron chi connectivity index (χ1n) is 7.88. The molecule has 120 valence electrons. The molecule has 1 atom stereocenters. The number of ketones is 1. The van der Waals surface area contributed by atoms with E-state index in [-0.39, 0.29) is 17.9 Å². The van der Waals surface area contributed by atoms with Crippen LogP contribution in [0.1, 0.15) is 49.5 Å². The first-order valence-corrected chi connectivity index (χ1v) is 7.88. The number of amides is 1. The Morgan fingerprint density at radius 3 is 2.41 bits per heavy atom. The Morgan fingerprint density at radius 2 is 1.86 bits per heavy atom. The van der Waals surface area contributed by atoms with E-state index in [1.165, 1.54) is 0 Å². The second-order valence-corrected chi connectivity index (χ2v) is 7.10. The van der Waals surface area contributed by atoms with Crippen LogP contribution in [0.2, 0.25) is 0 Å². The fourth-order valence-corrected chi connectivity index (χ4v) is 2.79. The molecule has 0 aromatic heterocycles. The van der Waals surface area contributed by atoms with Crippen LogP contribution in [0.3, 0.4) is 0 Å². The highest BCUT2D eigenvalue weighted by atomic mass is 16.3. The lowest BCUT2D eigenvalue weighted by atomic mass is 9.86. The molecule has 1 fully saturated rings. The van der Waals surface area contributed by atoms with Gasteiger partial charge in [-0.1, -0.05) is 45.0 Å². The van der Waals surface area contributed by atoms with Crippen LogP contribution in [0.4, 0.5) is 0 Å². The van der Waals surface area contributed by atoms with Gasteiger partial charge in [0.05, 0.1) is 0 Å². The molecule has 2 rings (SSSR count). The minimum Gasteiger partial charge on any atom is -0.396 e. The predicted molar refractivity (Wildman–Crippen MR) is 85.9 cm³/mol. The van der Waals surface area contributed by atoms with Gasteiger partial charge in [-0.15, -0.1) is 0 Å². The van der Waals surface area contributed by atoms with Crippen LogP contribution in [0.5, 0.6) is 0 Å². The van der Waals surface area contributed by atoms with E-state index in [4.69, 9.17) is 0 Å². The number of carbonyl (C=O) groups is 2. The smallest absolute Gasteiger partial charge is 0.294 e. The van der Waals surface area contributed by atoms with Crippen molar-refractivity contribution in [2.24, 2.45) is 5.92 Å². The lowest BCUT2D eigenvalue weighted by Crippen LogP contribution is -2.44. The summed E-state index contributed by atoms with van der Waals surface area (Å²) in [6.07, 6.45) is 1.75. The molecule has 1 N–H and O–H groups in total. The van der Waals surface area contributed by atoms with E-state index in [1.807, 2.05) is 12.1 Å². The summed E-state index contributed by atoms with van der Waals surface area (Å²) in [7, 11) is 0. The van der Waals surface area contributed by atoms with Gasteiger partial charge in [-0.3, -0.25) is 9.59 Å². The monoisotopic (exact) mass is 303 g/mol. The number of piperidine rings is 1. The quantitative estimate of drug-likeness (QED) is 0.689. The largest absolute Gasteiger partial charge is 0.396 e. The maximum Gasteiger partial charge on any atom is 0.294 e. The van der Waals surface area contributed by atoms with Crippen LogP contribution in [0.15, 0.2) is 24.3 Å². The molecule has 4 heteroatoms. The van der Waals surface area contributed by atoms with Gasteiger partial charge in [-0.2, -0.15) is 0 Å². The fraction of sp³-hybridized carbons (Fsp3) is 0.556. The summed E-state index contributed by atoms with van der Waals surface area (Å²) in [5.41, 5.74) is 1.59. The molecule has 1 aliphatic heterocycles. The summed E-state index contributed by atoms with van der Waals surface area (Å²) < 4.78 is 0. The van der Waals surface area contributed by atoms with Gasteiger partial charge in [0.15, 0.2) is 0 Å². The molecule has 22 heavy (non-hydrogen) atoms. The second-order valence-electron chi connectivity index (χ2n) is 7.10. The first kappa shape index (κ1) is 16.7. The number of hydrogen-bond donors (Lipinski definition) is 1. The fourth-order valence-electron chi connectivity index (χ4n) is 2.79. The van der Waals surface area contributed by atoms with Gasteiger partial charge in [-0.25, -0.2) is 0 Å². The standard InChI is InChI=1S/C18H25NO3/c1-18(2,3)15-8-6-14(7-9-15)16(21)17(22)19-10-4-5-13(11-19)12-20/h6-9,13,20H,4-5,10-12H2,1-3H3. The topological polar surface area (TPSA) is 57.6 Å². The predicted octanol–water partition coefficient (Wildman–Crippen LogP) is 2.40. The van der Waals surface area contributed by atoms with Crippen molar-refractivity contribution < 1.29 is 14.7 Å². The molecule has 0 aliphatic carbocycles. The van der Waals surface area contributed by atoms with Gasteiger partial charge in [0, 0.05) is 25.3 Å². The molecule has 0 radical (unpaired) electrons. The van der Waals surface area contributed by atoms with E-state index in [2.05, 4.69) is 20.8 Å². The zero-order valence-corrected chi connectivity index (χ0v) is 13.6.